The van der Waals surface area contributed by atoms with Crippen LogP contribution < -0.4 is 10.6 Å². The van der Waals surface area contributed by atoms with E-state index in [-0.39, 0.29) is 24.0 Å². The van der Waals surface area contributed by atoms with Crippen LogP contribution in [0.3, 0.4) is 0 Å². The van der Waals surface area contributed by atoms with Gasteiger partial charge in [0.15, 0.2) is 5.96 Å². The molecule has 1 saturated heterocycles. The van der Waals surface area contributed by atoms with E-state index in [1.54, 1.807) is 0 Å². The van der Waals surface area contributed by atoms with Crippen molar-refractivity contribution in [3.05, 3.63) is 0 Å². The summed E-state index contributed by atoms with van der Waals surface area (Å²) < 4.78 is 0. The van der Waals surface area contributed by atoms with E-state index in [0.29, 0.717) is 0 Å². The van der Waals surface area contributed by atoms with Gasteiger partial charge in [0.05, 0.1) is 0 Å². The lowest BCUT2D eigenvalue weighted by Gasteiger charge is -2.26. The summed E-state index contributed by atoms with van der Waals surface area (Å²) in [6.07, 6.45) is 11.2. The molecule has 0 spiro atoms. The summed E-state index contributed by atoms with van der Waals surface area (Å²) in [5.41, 5.74) is 0. The third-order valence-corrected chi connectivity index (χ3v) is 6.12. The number of nitrogens with zero attached hydrogens (tertiary/aromatic N) is 2. The first-order valence-electron chi connectivity index (χ1n) is 10.5. The molecule has 4 nitrogen and oxygen atoms in total. The van der Waals surface area contributed by atoms with E-state index in [1.165, 1.54) is 64.5 Å². The topological polar surface area (TPSA) is 39.7 Å². The maximum atomic E-state index is 4.88. The molecule has 0 bridgehead atoms. The summed E-state index contributed by atoms with van der Waals surface area (Å²) in [6, 6.07) is 0.920. The average molecular weight is 462 g/mol. The van der Waals surface area contributed by atoms with Gasteiger partial charge in [-0.15, -0.1) is 24.0 Å². The third-order valence-electron chi connectivity index (χ3n) is 6.12. The van der Waals surface area contributed by atoms with Crippen LogP contribution >= 0.6 is 24.0 Å². The van der Waals surface area contributed by atoms with Gasteiger partial charge in [0.2, 0.25) is 0 Å². The van der Waals surface area contributed by atoms with E-state index in [9.17, 15) is 0 Å². The lowest BCUT2D eigenvalue weighted by molar-refractivity contribution is 0.270. The van der Waals surface area contributed by atoms with Gasteiger partial charge in [-0.05, 0) is 63.3 Å². The molecule has 3 atom stereocenters. The molecule has 3 rings (SSSR count). The Balaban J connectivity index is 0.00000225. The van der Waals surface area contributed by atoms with E-state index >= 15 is 0 Å². The second-order valence-electron chi connectivity index (χ2n) is 8.45. The number of halogens is 1. The number of hydrogen-bond acceptors (Lipinski definition) is 2. The van der Waals surface area contributed by atoms with Gasteiger partial charge in [-0.25, -0.2) is 0 Å². The number of nitrogens with one attached hydrogen (secondary N) is 2. The fourth-order valence-corrected chi connectivity index (χ4v) is 4.56. The Labute approximate surface area is 172 Å². The Kier molecular flexibility index (Phi) is 9.31. The second kappa shape index (κ2) is 11.0. The van der Waals surface area contributed by atoms with Crippen molar-refractivity contribution in [1.29, 1.82) is 0 Å². The van der Waals surface area contributed by atoms with E-state index in [1.807, 2.05) is 0 Å². The molecule has 0 aromatic rings. The SMILES string of the molecule is CCNC(=NCC1CCN(C2CC2)C1)NCCC1CCCC(C)C1.I. The highest BCUT2D eigenvalue weighted by Crippen LogP contribution is 2.32. The molecular weight excluding hydrogens is 423 g/mol. The maximum absolute atomic E-state index is 4.88. The Bertz CT molecular complexity index is 411. The van der Waals surface area contributed by atoms with Crippen LogP contribution in [0.4, 0.5) is 0 Å². The first kappa shape index (κ1) is 21.3. The fraction of sp³-hybridized carbons (Fsp3) is 0.950. The summed E-state index contributed by atoms with van der Waals surface area (Å²) in [4.78, 5) is 7.56. The largest absolute Gasteiger partial charge is 0.357 e. The smallest absolute Gasteiger partial charge is 0.191 e. The molecule has 25 heavy (non-hydrogen) atoms. The number of likely N-dealkylation sites (tertiary alicyclic amines) is 1. The molecule has 146 valence electrons. The van der Waals surface area contributed by atoms with Crippen molar-refractivity contribution in [2.75, 3.05) is 32.7 Å². The van der Waals surface area contributed by atoms with Gasteiger partial charge in [-0.1, -0.05) is 26.2 Å². The molecular formula is C20H39IN4. The molecule has 2 saturated carbocycles. The quantitative estimate of drug-likeness (QED) is 0.343. The predicted octanol–water partition coefficient (Wildman–Crippen LogP) is 3.86. The number of rotatable bonds is 7. The Morgan fingerprint density at radius 1 is 1.08 bits per heavy atom. The minimum absolute atomic E-state index is 0. The van der Waals surface area contributed by atoms with Crippen LogP contribution in [-0.4, -0.2) is 49.6 Å². The monoisotopic (exact) mass is 462 g/mol. The van der Waals surface area contributed by atoms with Crippen LogP contribution in [0.2, 0.25) is 0 Å². The van der Waals surface area contributed by atoms with Crippen LogP contribution in [0.1, 0.15) is 65.2 Å². The molecule has 1 aliphatic heterocycles. The van der Waals surface area contributed by atoms with Crippen molar-refractivity contribution in [3.63, 3.8) is 0 Å². The Morgan fingerprint density at radius 2 is 1.92 bits per heavy atom. The summed E-state index contributed by atoms with van der Waals surface area (Å²) in [5, 5.41) is 7.00. The number of hydrogen-bond donors (Lipinski definition) is 2. The Hall–Kier alpha value is -0.0400. The summed E-state index contributed by atoms with van der Waals surface area (Å²) >= 11 is 0. The number of aliphatic imine (C=N–C) groups is 1. The van der Waals surface area contributed by atoms with Gasteiger partial charge in [0.1, 0.15) is 0 Å². The summed E-state index contributed by atoms with van der Waals surface area (Å²) in [5.74, 6) is 3.65. The minimum atomic E-state index is 0. The van der Waals surface area contributed by atoms with Gasteiger partial charge in [0.25, 0.3) is 0 Å². The van der Waals surface area contributed by atoms with Crippen molar-refractivity contribution in [2.45, 2.75) is 71.3 Å². The summed E-state index contributed by atoms with van der Waals surface area (Å²) in [6.45, 7) is 10.1. The van der Waals surface area contributed by atoms with Crippen molar-refractivity contribution in [2.24, 2.45) is 22.7 Å². The highest BCUT2D eigenvalue weighted by Gasteiger charge is 2.34. The van der Waals surface area contributed by atoms with Crippen molar-refractivity contribution in [3.8, 4) is 0 Å². The molecule has 0 aromatic carbocycles. The first-order chi connectivity index (χ1) is 11.7. The standard InChI is InChI=1S/C20H38N4.HI/c1-3-21-20(22-11-9-17-6-4-5-16(2)13-17)23-14-18-10-12-24(15-18)19-7-8-19;/h16-19H,3-15H2,1-2H3,(H2,21,22,23);1H. The molecule has 3 fully saturated rings. The van der Waals surface area contributed by atoms with E-state index in [0.717, 1.165) is 49.4 Å². The van der Waals surface area contributed by atoms with Crippen LogP contribution in [0.5, 0.6) is 0 Å². The minimum Gasteiger partial charge on any atom is -0.357 e. The van der Waals surface area contributed by atoms with Gasteiger partial charge in [-0.2, -0.15) is 0 Å². The van der Waals surface area contributed by atoms with Crippen molar-refractivity contribution >= 4 is 29.9 Å². The highest BCUT2D eigenvalue weighted by atomic mass is 127. The third kappa shape index (κ3) is 7.24. The van der Waals surface area contributed by atoms with E-state index in [2.05, 4.69) is 29.4 Å². The average Bonchev–Trinajstić information content (AvgIpc) is 3.31. The number of guanidine groups is 1. The fourth-order valence-electron chi connectivity index (χ4n) is 4.56. The molecule has 3 unspecified atom stereocenters. The van der Waals surface area contributed by atoms with Crippen molar-refractivity contribution < 1.29 is 0 Å². The van der Waals surface area contributed by atoms with Gasteiger partial charge in [0, 0.05) is 32.2 Å². The van der Waals surface area contributed by atoms with Crippen molar-refractivity contribution in [1.82, 2.24) is 15.5 Å². The Morgan fingerprint density at radius 3 is 2.64 bits per heavy atom. The zero-order valence-electron chi connectivity index (χ0n) is 16.3. The van der Waals surface area contributed by atoms with E-state index < -0.39 is 0 Å². The lowest BCUT2D eigenvalue weighted by Crippen LogP contribution is -2.39. The van der Waals surface area contributed by atoms with Gasteiger partial charge < -0.3 is 15.5 Å². The summed E-state index contributed by atoms with van der Waals surface area (Å²) in [7, 11) is 0. The zero-order valence-corrected chi connectivity index (χ0v) is 18.6. The van der Waals surface area contributed by atoms with E-state index in [4.69, 9.17) is 4.99 Å². The molecule has 0 amide bonds. The predicted molar refractivity (Wildman–Crippen MR) is 118 cm³/mol. The molecule has 3 aliphatic rings. The molecule has 2 aliphatic carbocycles. The van der Waals surface area contributed by atoms with Gasteiger partial charge in [-0.3, -0.25) is 4.99 Å². The second-order valence-corrected chi connectivity index (χ2v) is 8.45. The van der Waals surface area contributed by atoms with Gasteiger partial charge >= 0.3 is 0 Å². The molecule has 0 aromatic heterocycles. The first-order valence-corrected chi connectivity index (χ1v) is 10.5. The normalized spacial score (nSPS) is 30.8. The maximum Gasteiger partial charge on any atom is 0.191 e. The molecule has 0 radical (unpaired) electrons. The van der Waals surface area contributed by atoms with Crippen LogP contribution in [0, 0.1) is 17.8 Å². The lowest BCUT2D eigenvalue weighted by atomic mass is 9.81. The molecule has 5 heteroatoms. The highest BCUT2D eigenvalue weighted by molar-refractivity contribution is 14.0. The van der Waals surface area contributed by atoms with Crippen LogP contribution in [-0.2, 0) is 0 Å². The molecule has 2 N–H and O–H groups in total. The zero-order chi connectivity index (χ0) is 16.8. The molecule has 1 heterocycles. The van der Waals surface area contributed by atoms with Crippen LogP contribution in [0.15, 0.2) is 4.99 Å². The van der Waals surface area contributed by atoms with Crippen LogP contribution in [0.25, 0.3) is 0 Å².